The number of anilines is 2. The van der Waals surface area contributed by atoms with E-state index in [4.69, 9.17) is 5.11 Å². The number of halogens is 1. The summed E-state index contributed by atoms with van der Waals surface area (Å²) in [4.78, 5) is 23.1. The number of carbonyl (C=O) groups excluding carboxylic acids is 1. The molecule has 3 N–H and O–H groups in total. The third-order valence-electron chi connectivity index (χ3n) is 3.23. The van der Waals surface area contributed by atoms with Crippen LogP contribution in [-0.4, -0.2) is 22.4 Å². The molecule has 0 fully saturated rings. The van der Waals surface area contributed by atoms with Gasteiger partial charge in [-0.05, 0) is 42.7 Å². The van der Waals surface area contributed by atoms with Crippen molar-refractivity contribution in [3.8, 4) is 0 Å². The third-order valence-corrected chi connectivity index (χ3v) is 3.79. The van der Waals surface area contributed by atoms with Crippen molar-refractivity contribution in [2.75, 3.05) is 16.0 Å². The molecule has 2 aromatic carbocycles. The van der Waals surface area contributed by atoms with Crippen LogP contribution in [0.2, 0.25) is 0 Å². The highest BCUT2D eigenvalue weighted by Gasteiger charge is 2.10. The van der Waals surface area contributed by atoms with Gasteiger partial charge >= 0.3 is 6.09 Å². The number of alkyl halides is 1. The van der Waals surface area contributed by atoms with Gasteiger partial charge in [0.2, 0.25) is 0 Å². The molecule has 0 aromatic heterocycles. The number of amides is 2. The molecule has 0 unspecified atom stereocenters. The first-order chi connectivity index (χ1) is 11.1. The second kappa shape index (κ2) is 8.33. The quantitative estimate of drug-likeness (QED) is 0.655. The zero-order valence-corrected chi connectivity index (χ0v) is 14.0. The number of hydrogen-bond acceptors (Lipinski definition) is 2. The van der Waals surface area contributed by atoms with Crippen LogP contribution < -0.4 is 10.6 Å². The SMILES string of the molecule is O=C(O)Nc1ccccc1NC(=O)c1ccc(CCCBr)cc1. The molecule has 2 amide bonds. The number of nitrogens with one attached hydrogen (secondary N) is 2. The van der Waals surface area contributed by atoms with Gasteiger partial charge in [-0.1, -0.05) is 40.2 Å². The van der Waals surface area contributed by atoms with Crippen molar-refractivity contribution in [3.05, 3.63) is 59.7 Å². The molecule has 2 rings (SSSR count). The maximum atomic E-state index is 12.3. The van der Waals surface area contributed by atoms with Crippen LogP contribution in [-0.2, 0) is 6.42 Å². The molecule has 0 bridgehead atoms. The molecule has 0 saturated heterocycles. The number of rotatable bonds is 6. The van der Waals surface area contributed by atoms with Crippen LogP contribution in [0.3, 0.4) is 0 Å². The van der Waals surface area contributed by atoms with Crippen LogP contribution in [0.4, 0.5) is 16.2 Å². The topological polar surface area (TPSA) is 78.4 Å². The van der Waals surface area contributed by atoms with Crippen molar-refractivity contribution >= 4 is 39.3 Å². The number of aryl methyl sites for hydroxylation is 1. The second-order valence-corrected chi connectivity index (χ2v) is 5.71. The monoisotopic (exact) mass is 376 g/mol. The highest BCUT2D eigenvalue weighted by Crippen LogP contribution is 2.21. The van der Waals surface area contributed by atoms with Crippen LogP contribution in [0.1, 0.15) is 22.3 Å². The summed E-state index contributed by atoms with van der Waals surface area (Å²) in [6.45, 7) is 0. The van der Waals surface area contributed by atoms with Crippen LogP contribution in [0.25, 0.3) is 0 Å². The molecule has 0 saturated carbocycles. The van der Waals surface area contributed by atoms with E-state index in [1.807, 2.05) is 12.1 Å². The number of carbonyl (C=O) groups is 2. The lowest BCUT2D eigenvalue weighted by Crippen LogP contribution is -2.15. The van der Waals surface area contributed by atoms with Crippen molar-refractivity contribution in [2.24, 2.45) is 0 Å². The summed E-state index contributed by atoms with van der Waals surface area (Å²) in [6, 6.07) is 14.1. The van der Waals surface area contributed by atoms with Gasteiger partial charge in [0, 0.05) is 10.9 Å². The first-order valence-corrected chi connectivity index (χ1v) is 8.27. The van der Waals surface area contributed by atoms with Gasteiger partial charge in [-0.3, -0.25) is 10.1 Å². The van der Waals surface area contributed by atoms with E-state index in [1.165, 1.54) is 5.56 Å². The largest absolute Gasteiger partial charge is 0.465 e. The van der Waals surface area contributed by atoms with Gasteiger partial charge in [-0.2, -0.15) is 0 Å². The molecule has 0 heterocycles. The zero-order chi connectivity index (χ0) is 16.7. The minimum atomic E-state index is -1.18. The Labute approximate surface area is 142 Å². The Balaban J connectivity index is 2.08. The fourth-order valence-corrected chi connectivity index (χ4v) is 2.38. The van der Waals surface area contributed by atoms with Gasteiger partial charge < -0.3 is 10.4 Å². The summed E-state index contributed by atoms with van der Waals surface area (Å²) >= 11 is 3.39. The average Bonchev–Trinajstić information content (AvgIpc) is 2.54. The molecule has 2 aromatic rings. The molecule has 0 radical (unpaired) electrons. The van der Waals surface area contributed by atoms with Crippen LogP contribution in [0, 0.1) is 0 Å². The number of carboxylic acid groups (broad SMARTS) is 1. The fourth-order valence-electron chi connectivity index (χ4n) is 2.10. The number of para-hydroxylation sites is 2. The zero-order valence-electron chi connectivity index (χ0n) is 12.4. The molecule has 0 spiro atoms. The van der Waals surface area contributed by atoms with Crippen LogP contribution >= 0.6 is 15.9 Å². The van der Waals surface area contributed by atoms with Gasteiger partial charge in [-0.15, -0.1) is 0 Å². The highest BCUT2D eigenvalue weighted by molar-refractivity contribution is 9.09. The molecule has 6 heteroatoms. The summed E-state index contributed by atoms with van der Waals surface area (Å²) in [7, 11) is 0. The van der Waals surface area contributed by atoms with Crippen molar-refractivity contribution in [1.29, 1.82) is 0 Å². The Morgan fingerprint density at radius 3 is 2.13 bits per heavy atom. The van der Waals surface area contributed by atoms with Gasteiger partial charge in [0.15, 0.2) is 0 Å². The Bertz CT molecular complexity index is 686. The Morgan fingerprint density at radius 2 is 1.57 bits per heavy atom. The number of benzene rings is 2. The third kappa shape index (κ3) is 5.10. The average molecular weight is 377 g/mol. The normalized spacial score (nSPS) is 10.1. The van der Waals surface area contributed by atoms with Crippen LogP contribution in [0.5, 0.6) is 0 Å². The summed E-state index contributed by atoms with van der Waals surface area (Å²) in [5.41, 5.74) is 2.46. The van der Waals surface area contributed by atoms with Gasteiger partial charge in [0.1, 0.15) is 0 Å². The minimum Gasteiger partial charge on any atom is -0.465 e. The van der Waals surface area contributed by atoms with E-state index >= 15 is 0 Å². The lowest BCUT2D eigenvalue weighted by molar-refractivity contribution is 0.102. The van der Waals surface area contributed by atoms with E-state index in [9.17, 15) is 9.59 Å². The highest BCUT2D eigenvalue weighted by atomic mass is 79.9. The van der Waals surface area contributed by atoms with Crippen molar-refractivity contribution in [3.63, 3.8) is 0 Å². The summed E-state index contributed by atoms with van der Waals surface area (Å²) in [5, 5.41) is 14.7. The van der Waals surface area contributed by atoms with E-state index in [0.717, 1.165) is 18.2 Å². The molecular formula is C17H17BrN2O3. The lowest BCUT2D eigenvalue weighted by Gasteiger charge is -2.11. The van der Waals surface area contributed by atoms with Gasteiger partial charge in [-0.25, -0.2) is 4.79 Å². The molecule has 0 atom stereocenters. The van der Waals surface area contributed by atoms with E-state index in [0.29, 0.717) is 16.9 Å². The van der Waals surface area contributed by atoms with E-state index in [-0.39, 0.29) is 5.91 Å². The minimum absolute atomic E-state index is 0.281. The molecule has 5 nitrogen and oxygen atoms in total. The Hall–Kier alpha value is -2.34. The van der Waals surface area contributed by atoms with E-state index < -0.39 is 6.09 Å². The fraction of sp³-hybridized carbons (Fsp3) is 0.176. The summed E-state index contributed by atoms with van der Waals surface area (Å²) < 4.78 is 0. The predicted octanol–water partition coefficient (Wildman–Crippen LogP) is 4.36. The van der Waals surface area contributed by atoms with Gasteiger partial charge in [0.25, 0.3) is 5.91 Å². The summed E-state index contributed by atoms with van der Waals surface area (Å²) in [6.07, 6.45) is 0.820. The molecule has 120 valence electrons. The summed E-state index contributed by atoms with van der Waals surface area (Å²) in [5.74, 6) is -0.281. The lowest BCUT2D eigenvalue weighted by atomic mass is 10.1. The van der Waals surface area contributed by atoms with Crippen molar-refractivity contribution in [1.82, 2.24) is 0 Å². The van der Waals surface area contributed by atoms with E-state index in [1.54, 1.807) is 36.4 Å². The standard InChI is InChI=1S/C17H17BrN2O3/c18-11-3-4-12-7-9-13(10-8-12)16(21)19-14-5-1-2-6-15(14)20-17(22)23/h1-2,5-10,20H,3-4,11H2,(H,19,21)(H,22,23). The molecule has 0 aliphatic carbocycles. The molecule has 0 aliphatic rings. The Kier molecular flexibility index (Phi) is 6.17. The first-order valence-electron chi connectivity index (χ1n) is 7.15. The smallest absolute Gasteiger partial charge is 0.409 e. The van der Waals surface area contributed by atoms with Gasteiger partial charge in [0.05, 0.1) is 11.4 Å². The van der Waals surface area contributed by atoms with Crippen molar-refractivity contribution < 1.29 is 14.7 Å². The van der Waals surface area contributed by atoms with Crippen LogP contribution in [0.15, 0.2) is 48.5 Å². The Morgan fingerprint density at radius 1 is 0.957 bits per heavy atom. The molecular weight excluding hydrogens is 360 g/mol. The van der Waals surface area contributed by atoms with E-state index in [2.05, 4.69) is 26.6 Å². The first kappa shape index (κ1) is 17.0. The number of hydrogen-bond donors (Lipinski definition) is 3. The van der Waals surface area contributed by atoms with Crippen molar-refractivity contribution in [2.45, 2.75) is 12.8 Å². The second-order valence-electron chi connectivity index (χ2n) is 4.92. The maximum absolute atomic E-state index is 12.3. The molecule has 0 aliphatic heterocycles. The predicted molar refractivity (Wildman–Crippen MR) is 94.6 cm³/mol. The molecule has 23 heavy (non-hydrogen) atoms. The maximum Gasteiger partial charge on any atom is 0.409 e.